The summed E-state index contributed by atoms with van der Waals surface area (Å²) in [6, 6.07) is 0. The van der Waals surface area contributed by atoms with E-state index in [1.807, 2.05) is 6.92 Å². The highest BCUT2D eigenvalue weighted by Crippen LogP contribution is 2.59. The van der Waals surface area contributed by atoms with Gasteiger partial charge in [-0.2, -0.15) is 0 Å². The fraction of sp³-hybridized carbons (Fsp3) is 0.857. The first-order chi connectivity index (χ1) is 16.3. The summed E-state index contributed by atoms with van der Waals surface area (Å²) in [5, 5.41) is 2.89. The van der Waals surface area contributed by atoms with Crippen molar-refractivity contribution in [2.45, 2.75) is 129 Å². The molecular formula is C28H49NO6. The van der Waals surface area contributed by atoms with E-state index >= 15 is 0 Å². The first-order valence-electron chi connectivity index (χ1n) is 13.2. The Kier molecular flexibility index (Phi) is 11.2. The molecule has 2 heterocycles. The molecule has 1 N–H and O–H groups in total. The molecule has 3 fully saturated rings. The number of esters is 1. The number of nitrogens with one attached hydrogen (secondary N) is 1. The van der Waals surface area contributed by atoms with Gasteiger partial charge in [0.25, 0.3) is 0 Å². The van der Waals surface area contributed by atoms with Crippen LogP contribution in [0.4, 0.5) is 0 Å². The van der Waals surface area contributed by atoms with E-state index in [2.05, 4.69) is 32.2 Å². The lowest BCUT2D eigenvalue weighted by Gasteiger charge is -2.42. The predicted molar refractivity (Wildman–Crippen MR) is 137 cm³/mol. The third kappa shape index (κ3) is 7.77. The molecule has 3 aliphatic rings. The SMILES string of the molecule is C.CCC(=O)NCCCCCCCC(=O)OC1CC[C@]2(CO2)C([C@@]2(C)O[C@@H]2CC=C(C)C)C1OC. The van der Waals surface area contributed by atoms with E-state index in [-0.39, 0.29) is 54.7 Å². The maximum atomic E-state index is 12.6. The summed E-state index contributed by atoms with van der Waals surface area (Å²) in [7, 11) is 1.71. The van der Waals surface area contributed by atoms with Crippen LogP contribution in [0.2, 0.25) is 0 Å². The van der Waals surface area contributed by atoms with Crippen molar-refractivity contribution < 1.29 is 28.5 Å². The number of ether oxygens (including phenoxy) is 4. The van der Waals surface area contributed by atoms with Gasteiger partial charge in [0.1, 0.15) is 23.4 Å². The molecule has 35 heavy (non-hydrogen) atoms. The Bertz CT molecular complexity index is 729. The third-order valence-corrected chi connectivity index (χ3v) is 7.72. The molecule has 0 bridgehead atoms. The maximum absolute atomic E-state index is 12.6. The van der Waals surface area contributed by atoms with Gasteiger partial charge in [-0.15, -0.1) is 0 Å². The highest BCUT2D eigenvalue weighted by molar-refractivity contribution is 5.75. The number of carbonyl (C=O) groups excluding carboxylic acids is 2. The number of hydrogen-bond donors (Lipinski definition) is 1. The van der Waals surface area contributed by atoms with Gasteiger partial charge in [-0.25, -0.2) is 0 Å². The molecule has 0 aromatic carbocycles. The van der Waals surface area contributed by atoms with Gasteiger partial charge in [-0.1, -0.05) is 45.3 Å². The Balaban J connectivity index is 0.00000432. The number of unbranched alkanes of at least 4 members (excludes halogenated alkanes) is 4. The summed E-state index contributed by atoms with van der Waals surface area (Å²) < 4.78 is 24.1. The fourth-order valence-corrected chi connectivity index (χ4v) is 5.58. The van der Waals surface area contributed by atoms with Gasteiger partial charge in [0, 0.05) is 26.5 Å². The zero-order valence-electron chi connectivity index (χ0n) is 21.8. The predicted octanol–water partition coefficient (Wildman–Crippen LogP) is 5.11. The lowest BCUT2D eigenvalue weighted by molar-refractivity contribution is -0.172. The first kappa shape index (κ1) is 29.8. The Morgan fingerprint density at radius 2 is 1.83 bits per heavy atom. The van der Waals surface area contributed by atoms with Crippen LogP contribution in [0.3, 0.4) is 0 Å². The first-order valence-corrected chi connectivity index (χ1v) is 13.2. The second-order valence-electron chi connectivity index (χ2n) is 10.6. The minimum Gasteiger partial charge on any atom is -0.460 e. The molecule has 0 radical (unpaired) electrons. The Morgan fingerprint density at radius 1 is 1.14 bits per heavy atom. The minimum absolute atomic E-state index is 0. The summed E-state index contributed by atoms with van der Waals surface area (Å²) >= 11 is 0. The molecule has 7 nitrogen and oxygen atoms in total. The Labute approximate surface area is 212 Å². The second kappa shape index (κ2) is 13.2. The smallest absolute Gasteiger partial charge is 0.306 e. The van der Waals surface area contributed by atoms with Crippen molar-refractivity contribution in [2.24, 2.45) is 5.92 Å². The molecule has 1 spiro atoms. The van der Waals surface area contributed by atoms with Crippen molar-refractivity contribution in [3.05, 3.63) is 11.6 Å². The van der Waals surface area contributed by atoms with Crippen molar-refractivity contribution >= 4 is 11.9 Å². The topological polar surface area (TPSA) is 89.7 Å². The van der Waals surface area contributed by atoms with Gasteiger partial charge in [0.2, 0.25) is 5.91 Å². The molecule has 0 aromatic heterocycles. The zero-order valence-corrected chi connectivity index (χ0v) is 21.8. The zero-order chi connectivity index (χ0) is 24.8. The van der Waals surface area contributed by atoms with Crippen LogP contribution >= 0.6 is 0 Å². The van der Waals surface area contributed by atoms with Gasteiger partial charge in [-0.3, -0.25) is 9.59 Å². The second-order valence-corrected chi connectivity index (χ2v) is 10.6. The Hall–Kier alpha value is -1.44. The van der Waals surface area contributed by atoms with E-state index in [1.54, 1.807) is 7.11 Å². The number of rotatable bonds is 14. The van der Waals surface area contributed by atoms with Gasteiger partial charge >= 0.3 is 5.97 Å². The van der Waals surface area contributed by atoms with Crippen molar-refractivity contribution in [3.63, 3.8) is 0 Å². The van der Waals surface area contributed by atoms with Crippen LogP contribution in [-0.4, -0.2) is 61.7 Å². The Morgan fingerprint density at radius 3 is 2.46 bits per heavy atom. The molecule has 1 saturated carbocycles. The molecule has 3 rings (SSSR count). The van der Waals surface area contributed by atoms with Gasteiger partial charge in [-0.05, 0) is 52.9 Å². The number of carbonyl (C=O) groups is 2. The summed E-state index contributed by atoms with van der Waals surface area (Å²) in [5.41, 5.74) is 0.775. The van der Waals surface area contributed by atoms with Crippen molar-refractivity contribution in [3.8, 4) is 0 Å². The van der Waals surface area contributed by atoms with Crippen molar-refractivity contribution in [1.29, 1.82) is 0 Å². The van der Waals surface area contributed by atoms with Crippen molar-refractivity contribution in [1.82, 2.24) is 5.32 Å². The van der Waals surface area contributed by atoms with Gasteiger partial charge < -0.3 is 24.3 Å². The van der Waals surface area contributed by atoms with Crippen molar-refractivity contribution in [2.75, 3.05) is 20.3 Å². The molecule has 3 unspecified atom stereocenters. The van der Waals surface area contributed by atoms with Crippen LogP contribution in [0.25, 0.3) is 0 Å². The quantitative estimate of drug-likeness (QED) is 0.156. The highest BCUT2D eigenvalue weighted by Gasteiger charge is 2.72. The molecule has 1 amide bonds. The van der Waals surface area contributed by atoms with E-state index in [9.17, 15) is 9.59 Å². The van der Waals surface area contributed by atoms with Crippen LogP contribution in [-0.2, 0) is 28.5 Å². The average Bonchev–Trinajstić information content (AvgIpc) is 3.72. The third-order valence-electron chi connectivity index (χ3n) is 7.72. The number of hydrogen-bond acceptors (Lipinski definition) is 6. The average molecular weight is 496 g/mol. The van der Waals surface area contributed by atoms with Gasteiger partial charge in [0.05, 0.1) is 18.6 Å². The molecule has 202 valence electrons. The number of amides is 1. The molecule has 1 aliphatic carbocycles. The van der Waals surface area contributed by atoms with Crippen LogP contribution in [0.1, 0.15) is 99.3 Å². The summed E-state index contributed by atoms with van der Waals surface area (Å²) in [5.74, 6) is 0.0174. The van der Waals surface area contributed by atoms with E-state index in [0.29, 0.717) is 12.8 Å². The molecule has 2 aliphatic heterocycles. The fourth-order valence-electron chi connectivity index (χ4n) is 5.58. The summed E-state index contributed by atoms with van der Waals surface area (Å²) in [6.45, 7) is 9.69. The molecule has 7 heteroatoms. The van der Waals surface area contributed by atoms with Crippen LogP contribution < -0.4 is 5.32 Å². The molecule has 0 aromatic rings. The van der Waals surface area contributed by atoms with E-state index in [0.717, 1.165) is 64.5 Å². The molecule has 2 saturated heterocycles. The molecular weight excluding hydrogens is 446 g/mol. The van der Waals surface area contributed by atoms with Crippen LogP contribution in [0, 0.1) is 5.92 Å². The normalized spacial score (nSPS) is 32.9. The van der Waals surface area contributed by atoms with E-state index in [1.165, 1.54) is 5.57 Å². The lowest BCUT2D eigenvalue weighted by atomic mass is 9.68. The summed E-state index contributed by atoms with van der Waals surface area (Å²) in [4.78, 5) is 23.8. The van der Waals surface area contributed by atoms with Gasteiger partial charge in [0.15, 0.2) is 0 Å². The monoisotopic (exact) mass is 495 g/mol. The van der Waals surface area contributed by atoms with E-state index < -0.39 is 0 Å². The maximum Gasteiger partial charge on any atom is 0.306 e. The number of allylic oxidation sites excluding steroid dienone is 1. The van der Waals surface area contributed by atoms with Crippen LogP contribution in [0.5, 0.6) is 0 Å². The number of epoxide rings is 2. The standard InChI is InChI=1S/C27H45NO6.CH4/c1-6-22(29)28-17-11-9-7-8-10-12-23(30)33-20-15-16-27(18-32-27)25(24(20)31-5)26(4)21(34-26)14-13-19(2)3;/h13,20-21,24-25H,6-12,14-18H2,1-5H3,(H,28,29);1H4/t20?,21-,24?,25?,26+,27+;/m1./s1. The lowest BCUT2D eigenvalue weighted by Crippen LogP contribution is -2.55. The highest BCUT2D eigenvalue weighted by atomic mass is 16.6. The molecule has 6 atom stereocenters. The number of methoxy groups -OCH3 is 1. The largest absolute Gasteiger partial charge is 0.460 e. The minimum atomic E-state index is -0.315. The summed E-state index contributed by atoms with van der Waals surface area (Å²) in [6.07, 6.45) is 10.3. The van der Waals surface area contributed by atoms with E-state index in [4.69, 9.17) is 18.9 Å². The van der Waals surface area contributed by atoms with Crippen LogP contribution in [0.15, 0.2) is 11.6 Å².